The van der Waals surface area contributed by atoms with Gasteiger partial charge in [0.2, 0.25) is 11.9 Å². The van der Waals surface area contributed by atoms with E-state index in [0.29, 0.717) is 11.5 Å². The molecule has 1 amide bonds. The molecule has 1 saturated carbocycles. The summed E-state index contributed by atoms with van der Waals surface area (Å²) in [5.41, 5.74) is 9.08. The Balaban J connectivity index is 1.63. The number of benzene rings is 1. The van der Waals surface area contributed by atoms with Crippen molar-refractivity contribution in [3.05, 3.63) is 41.7 Å². The molecule has 2 aromatic rings. The van der Waals surface area contributed by atoms with Crippen LogP contribution in [0.2, 0.25) is 0 Å². The van der Waals surface area contributed by atoms with Crippen molar-refractivity contribution in [1.82, 2.24) is 14.9 Å². The van der Waals surface area contributed by atoms with E-state index < -0.39 is 5.91 Å². The predicted octanol–water partition coefficient (Wildman–Crippen LogP) is 3.43. The first kappa shape index (κ1) is 19.8. The maximum absolute atomic E-state index is 11.7. The Morgan fingerprint density at radius 2 is 1.86 bits per heavy atom. The second-order valence-corrected chi connectivity index (χ2v) is 8.56. The summed E-state index contributed by atoms with van der Waals surface area (Å²) < 4.78 is 0. The van der Waals surface area contributed by atoms with E-state index in [1.54, 1.807) is 6.07 Å². The molecule has 1 aromatic carbocycles. The molecule has 4 rings (SSSR count). The lowest BCUT2D eigenvalue weighted by Crippen LogP contribution is -2.39. The van der Waals surface area contributed by atoms with Crippen LogP contribution in [-0.4, -0.2) is 54.0 Å². The van der Waals surface area contributed by atoms with E-state index in [-0.39, 0.29) is 0 Å². The zero-order valence-electron chi connectivity index (χ0n) is 17.5. The molecule has 0 radical (unpaired) electrons. The summed E-state index contributed by atoms with van der Waals surface area (Å²) in [6, 6.07) is 8.28. The van der Waals surface area contributed by atoms with Crippen molar-refractivity contribution in [3.63, 3.8) is 0 Å². The van der Waals surface area contributed by atoms with Gasteiger partial charge in [-0.05, 0) is 56.5 Å². The van der Waals surface area contributed by atoms with Gasteiger partial charge in [-0.3, -0.25) is 4.79 Å². The van der Waals surface area contributed by atoms with Gasteiger partial charge in [0, 0.05) is 43.4 Å². The molecule has 1 aliphatic carbocycles. The lowest BCUT2D eigenvalue weighted by Gasteiger charge is -2.36. The number of piperidine rings is 1. The van der Waals surface area contributed by atoms with Crippen molar-refractivity contribution in [2.24, 2.45) is 5.73 Å². The lowest BCUT2D eigenvalue weighted by atomic mass is 9.88. The Kier molecular flexibility index (Phi) is 5.81. The maximum atomic E-state index is 11.7. The Morgan fingerprint density at radius 1 is 1.14 bits per heavy atom. The van der Waals surface area contributed by atoms with Gasteiger partial charge in [-0.15, -0.1) is 0 Å². The molecule has 6 heteroatoms. The fourth-order valence-electron chi connectivity index (χ4n) is 4.78. The summed E-state index contributed by atoms with van der Waals surface area (Å²) in [6.45, 7) is 2.27. The fraction of sp³-hybridized carbons (Fsp3) is 0.522. The third-order valence-electron chi connectivity index (χ3n) is 6.42. The van der Waals surface area contributed by atoms with Crippen LogP contribution in [0.25, 0.3) is 11.1 Å². The van der Waals surface area contributed by atoms with Gasteiger partial charge in [-0.2, -0.15) is 0 Å². The van der Waals surface area contributed by atoms with E-state index in [4.69, 9.17) is 10.7 Å². The first-order valence-electron chi connectivity index (χ1n) is 10.7. The van der Waals surface area contributed by atoms with Gasteiger partial charge in [0.15, 0.2) is 0 Å². The van der Waals surface area contributed by atoms with Crippen LogP contribution >= 0.6 is 0 Å². The highest BCUT2D eigenvalue weighted by molar-refractivity contribution is 5.94. The van der Waals surface area contributed by atoms with E-state index in [0.717, 1.165) is 54.7 Å². The van der Waals surface area contributed by atoms with Crippen LogP contribution in [-0.2, 0) is 0 Å². The predicted molar refractivity (Wildman–Crippen MR) is 116 cm³/mol. The smallest absolute Gasteiger partial charge is 0.248 e. The van der Waals surface area contributed by atoms with Crippen molar-refractivity contribution in [2.45, 2.75) is 50.5 Å². The Morgan fingerprint density at radius 3 is 2.52 bits per heavy atom. The van der Waals surface area contributed by atoms with Gasteiger partial charge in [0.1, 0.15) is 0 Å². The van der Waals surface area contributed by atoms with Crippen LogP contribution in [0.3, 0.4) is 0 Å². The highest BCUT2D eigenvalue weighted by atomic mass is 16.1. The molecular formula is C23H31N5O. The molecule has 2 heterocycles. The van der Waals surface area contributed by atoms with Gasteiger partial charge in [-0.25, -0.2) is 9.97 Å². The SMILES string of the molecule is CN(C)c1ncc(-c2cccc(C(N)=O)c2)c(C2CCN(C3CCCC3)CC2)n1. The first-order chi connectivity index (χ1) is 14.0. The van der Waals surface area contributed by atoms with E-state index >= 15 is 0 Å². The summed E-state index contributed by atoms with van der Waals surface area (Å²) in [5, 5.41) is 0. The summed E-state index contributed by atoms with van der Waals surface area (Å²) in [7, 11) is 3.93. The highest BCUT2D eigenvalue weighted by Crippen LogP contribution is 2.36. The zero-order valence-corrected chi connectivity index (χ0v) is 17.5. The van der Waals surface area contributed by atoms with E-state index in [9.17, 15) is 4.79 Å². The molecule has 0 unspecified atom stereocenters. The number of anilines is 1. The maximum Gasteiger partial charge on any atom is 0.248 e. The van der Waals surface area contributed by atoms with Crippen molar-refractivity contribution < 1.29 is 4.79 Å². The van der Waals surface area contributed by atoms with Crippen LogP contribution in [0, 0.1) is 0 Å². The van der Waals surface area contributed by atoms with Gasteiger partial charge in [0.05, 0.1) is 5.69 Å². The molecular weight excluding hydrogens is 362 g/mol. The standard InChI is InChI=1S/C23H31N5O/c1-27(2)23-25-15-20(17-6-5-7-18(14-17)22(24)29)21(26-23)16-10-12-28(13-11-16)19-8-3-4-9-19/h5-7,14-16,19H,3-4,8-13H2,1-2H3,(H2,24,29). The Hall–Kier alpha value is -2.47. The minimum atomic E-state index is -0.413. The quantitative estimate of drug-likeness (QED) is 0.842. The van der Waals surface area contributed by atoms with Crippen molar-refractivity contribution in [3.8, 4) is 11.1 Å². The van der Waals surface area contributed by atoms with E-state index in [1.165, 1.54) is 25.7 Å². The fourth-order valence-corrected chi connectivity index (χ4v) is 4.78. The number of nitrogens with two attached hydrogens (primary N) is 1. The van der Waals surface area contributed by atoms with Crippen molar-refractivity contribution in [2.75, 3.05) is 32.1 Å². The van der Waals surface area contributed by atoms with Gasteiger partial charge < -0.3 is 15.5 Å². The summed E-state index contributed by atoms with van der Waals surface area (Å²) in [4.78, 5) is 25.8. The molecule has 1 aromatic heterocycles. The normalized spacial score (nSPS) is 18.8. The van der Waals surface area contributed by atoms with Crippen molar-refractivity contribution in [1.29, 1.82) is 0 Å². The second kappa shape index (κ2) is 8.49. The number of aromatic nitrogens is 2. The summed E-state index contributed by atoms with van der Waals surface area (Å²) in [5.74, 6) is 0.721. The van der Waals surface area contributed by atoms with E-state index in [2.05, 4.69) is 9.88 Å². The first-order valence-corrected chi connectivity index (χ1v) is 10.7. The van der Waals surface area contributed by atoms with Crippen LogP contribution in [0.4, 0.5) is 5.95 Å². The molecule has 2 fully saturated rings. The second-order valence-electron chi connectivity index (χ2n) is 8.56. The summed E-state index contributed by atoms with van der Waals surface area (Å²) in [6.07, 6.45) is 9.60. The largest absolute Gasteiger partial charge is 0.366 e. The minimum absolute atomic E-state index is 0.404. The molecule has 0 spiro atoms. The number of nitrogens with zero attached hydrogens (tertiary/aromatic N) is 4. The van der Waals surface area contributed by atoms with E-state index in [1.807, 2.05) is 43.4 Å². The number of amides is 1. The molecule has 2 N–H and O–H groups in total. The number of primary amides is 1. The molecule has 154 valence electrons. The molecule has 29 heavy (non-hydrogen) atoms. The van der Waals surface area contributed by atoms with Gasteiger partial charge in [0.25, 0.3) is 0 Å². The van der Waals surface area contributed by atoms with Gasteiger partial charge in [-0.1, -0.05) is 25.0 Å². The monoisotopic (exact) mass is 393 g/mol. The van der Waals surface area contributed by atoms with Crippen molar-refractivity contribution >= 4 is 11.9 Å². The zero-order chi connectivity index (χ0) is 20.4. The third kappa shape index (κ3) is 4.27. The molecule has 1 saturated heterocycles. The highest BCUT2D eigenvalue weighted by Gasteiger charge is 2.30. The van der Waals surface area contributed by atoms with Crippen LogP contribution in [0.5, 0.6) is 0 Å². The van der Waals surface area contributed by atoms with Crippen LogP contribution in [0.15, 0.2) is 30.5 Å². The number of hydrogen-bond donors (Lipinski definition) is 1. The molecule has 2 aliphatic rings. The molecule has 6 nitrogen and oxygen atoms in total. The third-order valence-corrected chi connectivity index (χ3v) is 6.42. The van der Waals surface area contributed by atoms with Gasteiger partial charge >= 0.3 is 0 Å². The number of likely N-dealkylation sites (tertiary alicyclic amines) is 1. The van der Waals surface area contributed by atoms with Crippen LogP contribution in [0.1, 0.15) is 60.5 Å². The Labute approximate surface area is 173 Å². The lowest BCUT2D eigenvalue weighted by molar-refractivity contribution is 0.100. The Bertz CT molecular complexity index is 867. The number of rotatable bonds is 5. The minimum Gasteiger partial charge on any atom is -0.366 e. The number of hydrogen-bond acceptors (Lipinski definition) is 5. The average Bonchev–Trinajstić information content (AvgIpc) is 3.28. The summed E-state index contributed by atoms with van der Waals surface area (Å²) >= 11 is 0. The number of carbonyl (C=O) groups is 1. The van der Waals surface area contributed by atoms with Crippen LogP contribution < -0.4 is 10.6 Å². The average molecular weight is 394 g/mol. The molecule has 0 atom stereocenters. The number of carbonyl (C=O) groups excluding carboxylic acids is 1. The molecule has 1 aliphatic heterocycles. The topological polar surface area (TPSA) is 75.4 Å². The molecule has 0 bridgehead atoms.